The van der Waals surface area contributed by atoms with Crippen LogP contribution in [0.1, 0.15) is 41.3 Å². The average Bonchev–Trinajstić information content (AvgIpc) is 2.77. The normalized spacial score (nSPS) is 14.7. The molecule has 1 amide bonds. The Bertz CT molecular complexity index is 924. The predicted octanol–water partition coefficient (Wildman–Crippen LogP) is 3.57. The number of esters is 1. The summed E-state index contributed by atoms with van der Waals surface area (Å²) in [6.45, 7) is 1.26. The molecule has 2 aromatic rings. The standard InChI is InChI=1S/C22H25N3O5/c1-23(2)18-12-11-17(15-19(18)25(28)29)22(27)30-20(16-9-5-3-6-10-16)21(26)24-13-7-4-8-14-24/h3,5-6,9-12,15,20H,4,7-8,13-14H2,1-2H3/t20-/m0/s1. The summed E-state index contributed by atoms with van der Waals surface area (Å²) < 4.78 is 5.61. The molecule has 1 aliphatic heterocycles. The van der Waals surface area contributed by atoms with Crippen LogP contribution in [0.4, 0.5) is 11.4 Å². The quantitative estimate of drug-likeness (QED) is 0.410. The highest BCUT2D eigenvalue weighted by Gasteiger charge is 2.31. The number of ether oxygens (including phenoxy) is 1. The van der Waals surface area contributed by atoms with Gasteiger partial charge in [0.1, 0.15) is 5.69 Å². The number of anilines is 1. The van der Waals surface area contributed by atoms with Gasteiger partial charge in [0, 0.05) is 38.8 Å². The van der Waals surface area contributed by atoms with Gasteiger partial charge in [0.15, 0.2) is 0 Å². The van der Waals surface area contributed by atoms with E-state index in [1.165, 1.54) is 18.2 Å². The Kier molecular flexibility index (Phi) is 6.66. The molecule has 2 aromatic carbocycles. The third-order valence-corrected chi connectivity index (χ3v) is 5.11. The zero-order valence-electron chi connectivity index (χ0n) is 17.1. The molecular formula is C22H25N3O5. The van der Waals surface area contributed by atoms with Crippen LogP contribution in [0, 0.1) is 10.1 Å². The number of nitrogens with zero attached hydrogens (tertiary/aromatic N) is 3. The summed E-state index contributed by atoms with van der Waals surface area (Å²) >= 11 is 0. The molecule has 0 N–H and O–H groups in total. The van der Waals surface area contributed by atoms with Crippen LogP contribution >= 0.6 is 0 Å². The van der Waals surface area contributed by atoms with E-state index in [-0.39, 0.29) is 17.2 Å². The van der Waals surface area contributed by atoms with E-state index in [0.717, 1.165) is 19.3 Å². The predicted molar refractivity (Wildman–Crippen MR) is 112 cm³/mol. The van der Waals surface area contributed by atoms with E-state index < -0.39 is 17.0 Å². The molecule has 1 saturated heterocycles. The summed E-state index contributed by atoms with van der Waals surface area (Å²) in [5, 5.41) is 11.4. The Hall–Kier alpha value is -3.42. The minimum atomic E-state index is -1.09. The van der Waals surface area contributed by atoms with Crippen molar-refractivity contribution in [2.75, 3.05) is 32.1 Å². The SMILES string of the molecule is CN(C)c1ccc(C(=O)O[C@H](C(=O)N2CCCCC2)c2ccccc2)cc1[N+](=O)[O-]. The topological polar surface area (TPSA) is 93.0 Å². The largest absolute Gasteiger partial charge is 0.444 e. The van der Waals surface area contributed by atoms with Crippen LogP contribution < -0.4 is 4.90 Å². The first-order valence-electron chi connectivity index (χ1n) is 9.89. The smallest absolute Gasteiger partial charge is 0.339 e. The van der Waals surface area contributed by atoms with Gasteiger partial charge < -0.3 is 14.5 Å². The first-order chi connectivity index (χ1) is 14.4. The third kappa shape index (κ3) is 4.76. The van der Waals surface area contributed by atoms with Crippen LogP contribution in [0.15, 0.2) is 48.5 Å². The highest BCUT2D eigenvalue weighted by Crippen LogP contribution is 2.29. The van der Waals surface area contributed by atoms with Crippen LogP contribution in [0.2, 0.25) is 0 Å². The van der Waals surface area contributed by atoms with Crippen molar-refractivity contribution in [3.05, 3.63) is 69.8 Å². The lowest BCUT2D eigenvalue weighted by atomic mass is 10.1. The van der Waals surface area contributed by atoms with Gasteiger partial charge in [-0.2, -0.15) is 0 Å². The maximum absolute atomic E-state index is 13.1. The van der Waals surface area contributed by atoms with E-state index in [2.05, 4.69) is 0 Å². The summed E-state index contributed by atoms with van der Waals surface area (Å²) in [4.78, 5) is 40.2. The lowest BCUT2D eigenvalue weighted by Crippen LogP contribution is -2.40. The molecule has 1 aliphatic rings. The molecule has 1 heterocycles. The second-order valence-corrected chi connectivity index (χ2v) is 7.44. The molecule has 0 radical (unpaired) electrons. The number of likely N-dealkylation sites (tertiary alicyclic amines) is 1. The van der Waals surface area contributed by atoms with Crippen molar-refractivity contribution >= 4 is 23.3 Å². The van der Waals surface area contributed by atoms with Crippen LogP contribution in [0.5, 0.6) is 0 Å². The molecule has 30 heavy (non-hydrogen) atoms. The van der Waals surface area contributed by atoms with Gasteiger partial charge >= 0.3 is 5.97 Å². The summed E-state index contributed by atoms with van der Waals surface area (Å²) in [5.41, 5.74) is 0.772. The van der Waals surface area contributed by atoms with E-state index in [4.69, 9.17) is 4.74 Å². The van der Waals surface area contributed by atoms with Gasteiger partial charge in [-0.3, -0.25) is 14.9 Å². The number of carbonyl (C=O) groups is 2. The lowest BCUT2D eigenvalue weighted by molar-refractivity contribution is -0.384. The molecule has 8 nitrogen and oxygen atoms in total. The van der Waals surface area contributed by atoms with E-state index in [0.29, 0.717) is 24.3 Å². The maximum atomic E-state index is 13.1. The number of carbonyl (C=O) groups excluding carboxylic acids is 2. The Balaban J connectivity index is 1.89. The van der Waals surface area contributed by atoms with Crippen molar-refractivity contribution in [2.45, 2.75) is 25.4 Å². The Morgan fingerprint density at radius 3 is 2.33 bits per heavy atom. The summed E-state index contributed by atoms with van der Waals surface area (Å²) in [6.07, 6.45) is 1.81. The monoisotopic (exact) mass is 411 g/mol. The molecule has 1 atom stereocenters. The highest BCUT2D eigenvalue weighted by atomic mass is 16.6. The van der Waals surface area contributed by atoms with Crippen molar-refractivity contribution in [3.63, 3.8) is 0 Å². The highest BCUT2D eigenvalue weighted by molar-refractivity contribution is 5.94. The van der Waals surface area contributed by atoms with Gasteiger partial charge in [0.25, 0.3) is 11.6 Å². The van der Waals surface area contributed by atoms with E-state index in [1.54, 1.807) is 48.2 Å². The number of rotatable bonds is 6. The molecule has 0 unspecified atom stereocenters. The Morgan fingerprint density at radius 2 is 1.73 bits per heavy atom. The molecular weight excluding hydrogens is 386 g/mol. The molecule has 0 bridgehead atoms. The molecule has 0 aliphatic carbocycles. The van der Waals surface area contributed by atoms with E-state index in [1.807, 2.05) is 6.07 Å². The molecule has 0 saturated carbocycles. The maximum Gasteiger partial charge on any atom is 0.339 e. The van der Waals surface area contributed by atoms with Crippen LogP contribution in [0.3, 0.4) is 0 Å². The zero-order chi connectivity index (χ0) is 21.7. The summed E-state index contributed by atoms with van der Waals surface area (Å²) in [7, 11) is 3.37. The molecule has 158 valence electrons. The van der Waals surface area contributed by atoms with Gasteiger partial charge in [0.2, 0.25) is 6.10 Å². The minimum absolute atomic E-state index is 0.0275. The van der Waals surface area contributed by atoms with Crippen LogP contribution in [-0.4, -0.2) is 48.9 Å². The summed E-state index contributed by atoms with van der Waals surface area (Å²) in [6, 6.07) is 13.0. The third-order valence-electron chi connectivity index (χ3n) is 5.11. The fourth-order valence-corrected chi connectivity index (χ4v) is 3.52. The van der Waals surface area contributed by atoms with Crippen molar-refractivity contribution in [1.82, 2.24) is 4.90 Å². The average molecular weight is 411 g/mol. The van der Waals surface area contributed by atoms with E-state index in [9.17, 15) is 19.7 Å². The number of amides is 1. The first kappa shape index (κ1) is 21.3. The number of nitro benzene ring substituents is 1. The van der Waals surface area contributed by atoms with Crippen LogP contribution in [0.25, 0.3) is 0 Å². The zero-order valence-corrected chi connectivity index (χ0v) is 17.1. The molecule has 0 spiro atoms. The van der Waals surface area contributed by atoms with Crippen molar-refractivity contribution in [2.24, 2.45) is 0 Å². The molecule has 8 heteroatoms. The van der Waals surface area contributed by atoms with Crippen LogP contribution in [-0.2, 0) is 9.53 Å². The molecule has 3 rings (SSSR count). The van der Waals surface area contributed by atoms with E-state index >= 15 is 0 Å². The number of hydrogen-bond acceptors (Lipinski definition) is 6. The Morgan fingerprint density at radius 1 is 1.07 bits per heavy atom. The van der Waals surface area contributed by atoms with Gasteiger partial charge in [-0.25, -0.2) is 4.79 Å². The molecule has 1 fully saturated rings. The van der Waals surface area contributed by atoms with Crippen molar-refractivity contribution in [3.8, 4) is 0 Å². The van der Waals surface area contributed by atoms with Gasteiger partial charge in [-0.05, 0) is 31.4 Å². The number of hydrogen-bond donors (Lipinski definition) is 0. The van der Waals surface area contributed by atoms with Gasteiger partial charge in [-0.1, -0.05) is 30.3 Å². The fraction of sp³-hybridized carbons (Fsp3) is 0.364. The second-order valence-electron chi connectivity index (χ2n) is 7.44. The molecule has 0 aromatic heterocycles. The first-order valence-corrected chi connectivity index (χ1v) is 9.89. The van der Waals surface area contributed by atoms with Crippen molar-refractivity contribution < 1.29 is 19.2 Å². The summed E-state index contributed by atoms with van der Waals surface area (Å²) in [5.74, 6) is -1.05. The lowest BCUT2D eigenvalue weighted by Gasteiger charge is -2.30. The second kappa shape index (κ2) is 9.39. The van der Waals surface area contributed by atoms with Gasteiger partial charge in [-0.15, -0.1) is 0 Å². The Labute approximate surface area is 175 Å². The van der Waals surface area contributed by atoms with Crippen molar-refractivity contribution in [1.29, 1.82) is 0 Å². The number of benzene rings is 2. The fourth-order valence-electron chi connectivity index (χ4n) is 3.52. The number of nitro groups is 1. The minimum Gasteiger partial charge on any atom is -0.444 e. The number of piperidine rings is 1. The van der Waals surface area contributed by atoms with Gasteiger partial charge in [0.05, 0.1) is 10.5 Å².